The molecular formula is C22H14Br2N4O8. The quantitative estimate of drug-likeness (QED) is 0.117. The van der Waals surface area contributed by atoms with Gasteiger partial charge in [0.05, 0.1) is 26.1 Å². The SMILES string of the molecule is O=C(COc1ccc([N+](=O)[O-])cc1Br)N/N=C\c1cc(Br)ccc1OC(=O)c1ccc([N+](=O)[O-])cc1. The van der Waals surface area contributed by atoms with E-state index in [0.29, 0.717) is 14.5 Å². The fourth-order valence-electron chi connectivity index (χ4n) is 2.66. The molecule has 0 radical (unpaired) electrons. The number of rotatable bonds is 9. The summed E-state index contributed by atoms with van der Waals surface area (Å²) in [7, 11) is 0. The largest absolute Gasteiger partial charge is 0.483 e. The lowest BCUT2D eigenvalue weighted by atomic mass is 10.2. The Labute approximate surface area is 219 Å². The molecule has 0 saturated heterocycles. The van der Waals surface area contributed by atoms with Crippen LogP contribution in [0.15, 0.2) is 74.7 Å². The highest BCUT2D eigenvalue weighted by molar-refractivity contribution is 9.10. The molecule has 0 aliphatic heterocycles. The number of hydrazone groups is 1. The van der Waals surface area contributed by atoms with Gasteiger partial charge in [0.25, 0.3) is 17.3 Å². The number of nitro benzene ring substituents is 2. The normalized spacial score (nSPS) is 10.6. The zero-order valence-electron chi connectivity index (χ0n) is 17.9. The van der Waals surface area contributed by atoms with E-state index in [1.54, 1.807) is 12.1 Å². The van der Waals surface area contributed by atoms with Crippen LogP contribution < -0.4 is 14.9 Å². The number of nitro groups is 2. The highest BCUT2D eigenvalue weighted by atomic mass is 79.9. The molecule has 0 aromatic heterocycles. The number of ether oxygens (including phenoxy) is 2. The first-order valence-corrected chi connectivity index (χ1v) is 11.4. The lowest BCUT2D eigenvalue weighted by Crippen LogP contribution is -2.24. The van der Waals surface area contributed by atoms with Gasteiger partial charge in [0.2, 0.25) is 0 Å². The molecule has 0 bridgehead atoms. The summed E-state index contributed by atoms with van der Waals surface area (Å²) < 4.78 is 11.7. The monoisotopic (exact) mass is 620 g/mol. The van der Waals surface area contributed by atoms with Gasteiger partial charge in [0, 0.05) is 34.3 Å². The molecule has 0 saturated carbocycles. The lowest BCUT2D eigenvalue weighted by Gasteiger charge is -2.08. The summed E-state index contributed by atoms with van der Waals surface area (Å²) in [5.74, 6) is -0.998. The van der Waals surface area contributed by atoms with E-state index < -0.39 is 28.3 Å². The third-order valence-corrected chi connectivity index (χ3v) is 5.48. The van der Waals surface area contributed by atoms with Crippen LogP contribution in [0.1, 0.15) is 15.9 Å². The molecule has 1 N–H and O–H groups in total. The zero-order chi connectivity index (χ0) is 26.2. The number of benzene rings is 3. The number of hydrogen-bond donors (Lipinski definition) is 1. The number of nitrogens with one attached hydrogen (secondary N) is 1. The first kappa shape index (κ1) is 26.4. The van der Waals surface area contributed by atoms with Crippen molar-refractivity contribution in [3.8, 4) is 11.5 Å². The van der Waals surface area contributed by atoms with Crippen LogP contribution in [0.25, 0.3) is 0 Å². The minimum absolute atomic E-state index is 0.106. The summed E-state index contributed by atoms with van der Waals surface area (Å²) in [5, 5.41) is 25.4. The second kappa shape index (κ2) is 12.0. The Morgan fingerprint density at radius 2 is 1.56 bits per heavy atom. The third kappa shape index (κ3) is 7.16. The van der Waals surface area contributed by atoms with E-state index in [1.165, 1.54) is 54.7 Å². The minimum atomic E-state index is -0.743. The number of amides is 1. The molecule has 0 fully saturated rings. The number of halogens is 2. The Morgan fingerprint density at radius 3 is 2.19 bits per heavy atom. The van der Waals surface area contributed by atoms with E-state index >= 15 is 0 Å². The van der Waals surface area contributed by atoms with E-state index in [4.69, 9.17) is 9.47 Å². The molecule has 14 heteroatoms. The van der Waals surface area contributed by atoms with Gasteiger partial charge in [0.15, 0.2) is 6.61 Å². The summed E-state index contributed by atoms with van der Waals surface area (Å²) >= 11 is 6.44. The molecule has 0 atom stereocenters. The predicted octanol–water partition coefficient (Wildman–Crippen LogP) is 4.78. The van der Waals surface area contributed by atoms with Crippen LogP contribution in [-0.2, 0) is 4.79 Å². The van der Waals surface area contributed by atoms with Gasteiger partial charge in [-0.2, -0.15) is 5.10 Å². The maximum absolute atomic E-state index is 12.4. The second-order valence-electron chi connectivity index (χ2n) is 6.83. The fraction of sp³-hybridized carbons (Fsp3) is 0.0455. The summed E-state index contributed by atoms with van der Waals surface area (Å²) in [5.41, 5.74) is 2.41. The first-order valence-electron chi connectivity index (χ1n) is 9.79. The first-order chi connectivity index (χ1) is 17.1. The summed E-state index contributed by atoms with van der Waals surface area (Å²) in [4.78, 5) is 44.9. The number of non-ortho nitro benzene ring substituents is 2. The second-order valence-corrected chi connectivity index (χ2v) is 8.60. The van der Waals surface area contributed by atoms with Gasteiger partial charge in [-0.3, -0.25) is 25.0 Å². The maximum atomic E-state index is 12.4. The highest BCUT2D eigenvalue weighted by Gasteiger charge is 2.14. The average molecular weight is 622 g/mol. The topological polar surface area (TPSA) is 163 Å². The molecular weight excluding hydrogens is 608 g/mol. The van der Waals surface area contributed by atoms with Crippen molar-refractivity contribution in [1.29, 1.82) is 0 Å². The Morgan fingerprint density at radius 1 is 0.917 bits per heavy atom. The van der Waals surface area contributed by atoms with E-state index in [0.717, 1.165) is 0 Å². The highest BCUT2D eigenvalue weighted by Crippen LogP contribution is 2.29. The molecule has 3 aromatic carbocycles. The zero-order valence-corrected chi connectivity index (χ0v) is 21.1. The van der Waals surface area contributed by atoms with Gasteiger partial charge in [-0.15, -0.1) is 0 Å². The van der Waals surface area contributed by atoms with Crippen molar-refractivity contribution in [2.75, 3.05) is 6.61 Å². The van der Waals surface area contributed by atoms with Crippen LogP contribution in [0.3, 0.4) is 0 Å². The number of nitrogens with zero attached hydrogens (tertiary/aromatic N) is 3. The van der Waals surface area contributed by atoms with Gasteiger partial charge in [-0.05, 0) is 52.3 Å². The minimum Gasteiger partial charge on any atom is -0.483 e. The Balaban J connectivity index is 1.62. The van der Waals surface area contributed by atoms with E-state index in [9.17, 15) is 29.8 Å². The molecule has 0 unspecified atom stereocenters. The van der Waals surface area contributed by atoms with Crippen molar-refractivity contribution in [2.24, 2.45) is 5.10 Å². The van der Waals surface area contributed by atoms with Crippen LogP contribution in [-0.4, -0.2) is 34.5 Å². The molecule has 1 amide bonds. The molecule has 3 rings (SSSR count). The Bertz CT molecular complexity index is 1360. The molecule has 184 valence electrons. The molecule has 0 aliphatic carbocycles. The predicted molar refractivity (Wildman–Crippen MR) is 134 cm³/mol. The van der Waals surface area contributed by atoms with E-state index in [1.807, 2.05) is 0 Å². The molecule has 12 nitrogen and oxygen atoms in total. The Kier molecular flexibility index (Phi) is 8.81. The van der Waals surface area contributed by atoms with Crippen molar-refractivity contribution in [2.45, 2.75) is 0 Å². The van der Waals surface area contributed by atoms with Crippen LogP contribution >= 0.6 is 31.9 Å². The van der Waals surface area contributed by atoms with Crippen molar-refractivity contribution in [3.05, 3.63) is 101 Å². The molecule has 0 heterocycles. The van der Waals surface area contributed by atoms with Crippen LogP contribution in [0.2, 0.25) is 0 Å². The Hall–Kier alpha value is -4.17. The average Bonchev–Trinajstić information content (AvgIpc) is 2.84. The summed E-state index contributed by atoms with van der Waals surface area (Å²) in [6, 6.07) is 13.5. The van der Waals surface area contributed by atoms with Crippen molar-refractivity contribution < 1.29 is 28.9 Å². The van der Waals surface area contributed by atoms with Crippen LogP contribution in [0, 0.1) is 20.2 Å². The summed E-state index contributed by atoms with van der Waals surface area (Å²) in [6.45, 7) is -0.422. The molecule has 0 spiro atoms. The van der Waals surface area contributed by atoms with Crippen molar-refractivity contribution in [3.63, 3.8) is 0 Å². The third-order valence-electron chi connectivity index (χ3n) is 4.37. The van der Waals surface area contributed by atoms with Gasteiger partial charge in [-0.1, -0.05) is 15.9 Å². The number of esters is 1. The van der Waals surface area contributed by atoms with Crippen molar-refractivity contribution >= 4 is 61.3 Å². The van der Waals surface area contributed by atoms with E-state index in [-0.39, 0.29) is 28.4 Å². The number of hydrogen-bond acceptors (Lipinski definition) is 9. The van der Waals surface area contributed by atoms with E-state index in [2.05, 4.69) is 42.4 Å². The van der Waals surface area contributed by atoms with Gasteiger partial charge < -0.3 is 9.47 Å². The van der Waals surface area contributed by atoms with Gasteiger partial charge in [0.1, 0.15) is 11.5 Å². The number of carbonyl (C=O) groups excluding carboxylic acids is 2. The molecule has 0 aliphatic rings. The lowest BCUT2D eigenvalue weighted by molar-refractivity contribution is -0.385. The van der Waals surface area contributed by atoms with Crippen LogP contribution in [0.5, 0.6) is 11.5 Å². The van der Waals surface area contributed by atoms with Gasteiger partial charge >= 0.3 is 5.97 Å². The smallest absolute Gasteiger partial charge is 0.343 e. The number of carbonyl (C=O) groups is 2. The summed E-state index contributed by atoms with van der Waals surface area (Å²) in [6.07, 6.45) is 1.25. The van der Waals surface area contributed by atoms with Crippen molar-refractivity contribution in [1.82, 2.24) is 5.43 Å². The fourth-order valence-corrected chi connectivity index (χ4v) is 3.52. The van der Waals surface area contributed by atoms with Crippen LogP contribution in [0.4, 0.5) is 11.4 Å². The standard InChI is InChI=1S/C22H14Br2N4O8/c23-15-3-7-19(36-22(30)13-1-4-16(5-2-13)27(31)32)14(9-15)11-25-26-21(29)12-35-20-8-6-17(28(33)34)10-18(20)24/h1-11H,12H2,(H,26,29)/b25-11-. The maximum Gasteiger partial charge on any atom is 0.343 e. The van der Waals surface area contributed by atoms with Gasteiger partial charge in [-0.25, -0.2) is 10.2 Å². The molecule has 3 aromatic rings. The molecule has 36 heavy (non-hydrogen) atoms.